The SMILES string of the molecule is O=C(CCP)c1c(Br)cccc1Br. The third kappa shape index (κ3) is 2.87. The predicted octanol–water partition coefficient (Wildman–Crippen LogP) is 3.66. The fraction of sp³-hybridized carbons (Fsp3) is 0.222. The smallest absolute Gasteiger partial charge is 0.165 e. The van der Waals surface area contributed by atoms with E-state index in [1.165, 1.54) is 0 Å². The number of carbonyl (C=O) groups is 1. The molecule has 1 unspecified atom stereocenters. The van der Waals surface area contributed by atoms with Gasteiger partial charge in [0.05, 0.1) is 0 Å². The summed E-state index contributed by atoms with van der Waals surface area (Å²) in [5.41, 5.74) is 0.741. The second kappa shape index (κ2) is 5.23. The summed E-state index contributed by atoms with van der Waals surface area (Å²) in [6.45, 7) is 0. The van der Waals surface area contributed by atoms with Crippen molar-refractivity contribution in [3.63, 3.8) is 0 Å². The van der Waals surface area contributed by atoms with E-state index in [1.54, 1.807) is 0 Å². The highest BCUT2D eigenvalue weighted by atomic mass is 79.9. The molecular formula is C9H9Br2OP. The minimum Gasteiger partial charge on any atom is -0.294 e. The number of ketones is 1. The summed E-state index contributed by atoms with van der Waals surface area (Å²) in [5, 5.41) is 0. The van der Waals surface area contributed by atoms with Gasteiger partial charge in [0.15, 0.2) is 5.78 Å². The lowest BCUT2D eigenvalue weighted by molar-refractivity contribution is 0.0988. The monoisotopic (exact) mass is 322 g/mol. The summed E-state index contributed by atoms with van der Waals surface area (Å²) in [5.74, 6) is 0.161. The summed E-state index contributed by atoms with van der Waals surface area (Å²) >= 11 is 6.72. The Morgan fingerprint density at radius 3 is 2.31 bits per heavy atom. The largest absolute Gasteiger partial charge is 0.294 e. The van der Waals surface area contributed by atoms with E-state index >= 15 is 0 Å². The molecule has 0 radical (unpaired) electrons. The van der Waals surface area contributed by atoms with Gasteiger partial charge in [-0.05, 0) is 18.3 Å². The van der Waals surface area contributed by atoms with Crippen molar-refractivity contribution in [1.82, 2.24) is 0 Å². The van der Waals surface area contributed by atoms with Gasteiger partial charge >= 0.3 is 0 Å². The van der Waals surface area contributed by atoms with Crippen LogP contribution in [0.5, 0.6) is 0 Å². The van der Waals surface area contributed by atoms with Gasteiger partial charge in [0.2, 0.25) is 0 Å². The molecule has 0 bridgehead atoms. The first-order chi connectivity index (χ1) is 6.16. The Balaban J connectivity index is 3.05. The topological polar surface area (TPSA) is 17.1 Å². The molecule has 0 aliphatic carbocycles. The third-order valence-corrected chi connectivity index (χ3v) is 3.22. The van der Waals surface area contributed by atoms with Crippen molar-refractivity contribution in [2.75, 3.05) is 6.16 Å². The molecule has 0 N–H and O–H groups in total. The zero-order valence-corrected chi connectivity index (χ0v) is 11.2. The lowest BCUT2D eigenvalue weighted by atomic mass is 10.1. The maximum atomic E-state index is 11.6. The van der Waals surface area contributed by atoms with Crippen LogP contribution >= 0.6 is 41.1 Å². The molecule has 4 heteroatoms. The standard InChI is InChI=1S/C9H9Br2OP/c10-6-2-1-3-7(11)9(6)8(12)4-5-13/h1-3H,4-5,13H2. The summed E-state index contributed by atoms with van der Waals surface area (Å²) in [6.07, 6.45) is 1.36. The lowest BCUT2D eigenvalue weighted by Crippen LogP contribution is -2.01. The molecule has 0 fully saturated rings. The van der Waals surface area contributed by atoms with Crippen LogP contribution in [-0.2, 0) is 0 Å². The van der Waals surface area contributed by atoms with E-state index in [2.05, 4.69) is 41.1 Å². The molecule has 1 aromatic carbocycles. The normalized spacial score (nSPS) is 10.1. The quantitative estimate of drug-likeness (QED) is 0.613. The van der Waals surface area contributed by atoms with E-state index in [1.807, 2.05) is 18.2 Å². The predicted molar refractivity (Wildman–Crippen MR) is 65.4 cm³/mol. The molecule has 0 saturated carbocycles. The van der Waals surface area contributed by atoms with Crippen molar-refractivity contribution in [2.24, 2.45) is 0 Å². The van der Waals surface area contributed by atoms with Gasteiger partial charge in [-0.2, -0.15) is 0 Å². The van der Waals surface area contributed by atoms with Crippen LogP contribution in [0.4, 0.5) is 0 Å². The molecule has 0 saturated heterocycles. The Kier molecular flexibility index (Phi) is 4.57. The van der Waals surface area contributed by atoms with E-state index in [0.717, 1.165) is 20.7 Å². The molecule has 0 aliphatic rings. The second-order valence-electron chi connectivity index (χ2n) is 2.56. The molecule has 0 amide bonds. The van der Waals surface area contributed by atoms with Crippen molar-refractivity contribution in [1.29, 1.82) is 0 Å². The molecule has 0 heterocycles. The molecule has 13 heavy (non-hydrogen) atoms. The van der Waals surface area contributed by atoms with E-state index in [9.17, 15) is 4.79 Å². The molecular weight excluding hydrogens is 315 g/mol. The van der Waals surface area contributed by atoms with Gasteiger partial charge in [0, 0.05) is 20.9 Å². The van der Waals surface area contributed by atoms with Crippen LogP contribution in [0.2, 0.25) is 0 Å². The zero-order valence-electron chi connectivity index (χ0n) is 6.89. The molecule has 1 aromatic rings. The Hall–Kier alpha value is 0.280. The average molecular weight is 324 g/mol. The summed E-state index contributed by atoms with van der Waals surface area (Å²) in [7, 11) is 2.55. The molecule has 1 atom stereocenters. The molecule has 0 aromatic heterocycles. The first-order valence-electron chi connectivity index (χ1n) is 3.84. The number of hydrogen-bond acceptors (Lipinski definition) is 1. The molecule has 1 rings (SSSR count). The van der Waals surface area contributed by atoms with Gasteiger partial charge < -0.3 is 0 Å². The van der Waals surface area contributed by atoms with Gasteiger partial charge in [0.25, 0.3) is 0 Å². The third-order valence-electron chi connectivity index (χ3n) is 1.61. The van der Waals surface area contributed by atoms with Gasteiger partial charge in [0.1, 0.15) is 0 Å². The first-order valence-corrected chi connectivity index (χ1v) is 6.24. The number of hydrogen-bond donors (Lipinski definition) is 0. The molecule has 1 nitrogen and oxygen atoms in total. The van der Waals surface area contributed by atoms with E-state index in [4.69, 9.17) is 0 Å². The van der Waals surface area contributed by atoms with Crippen molar-refractivity contribution in [3.05, 3.63) is 32.7 Å². The number of carbonyl (C=O) groups excluding carboxylic acids is 1. The van der Waals surface area contributed by atoms with Crippen LogP contribution in [-0.4, -0.2) is 11.9 Å². The fourth-order valence-corrected chi connectivity index (χ4v) is 2.72. The van der Waals surface area contributed by atoms with Gasteiger partial charge in [-0.25, -0.2) is 0 Å². The molecule has 0 spiro atoms. The summed E-state index contributed by atoms with van der Waals surface area (Å²) in [6, 6.07) is 5.65. The number of Topliss-reactive ketones (excluding diaryl/α,β-unsaturated/α-hetero) is 1. The van der Waals surface area contributed by atoms with Crippen LogP contribution in [0.3, 0.4) is 0 Å². The summed E-state index contributed by atoms with van der Waals surface area (Å²) < 4.78 is 1.70. The summed E-state index contributed by atoms with van der Waals surface area (Å²) in [4.78, 5) is 11.6. The lowest BCUT2D eigenvalue weighted by Gasteiger charge is -2.04. The first kappa shape index (κ1) is 11.4. The minimum absolute atomic E-state index is 0.161. The van der Waals surface area contributed by atoms with E-state index in [0.29, 0.717) is 6.42 Å². The average Bonchev–Trinajstić information content (AvgIpc) is 2.04. The van der Waals surface area contributed by atoms with Crippen LogP contribution < -0.4 is 0 Å². The Morgan fingerprint density at radius 1 is 1.31 bits per heavy atom. The highest BCUT2D eigenvalue weighted by molar-refractivity contribution is 9.11. The zero-order chi connectivity index (χ0) is 9.84. The van der Waals surface area contributed by atoms with Crippen molar-refractivity contribution >= 4 is 46.9 Å². The van der Waals surface area contributed by atoms with Crippen molar-refractivity contribution < 1.29 is 4.79 Å². The maximum absolute atomic E-state index is 11.6. The Morgan fingerprint density at radius 2 is 1.85 bits per heavy atom. The van der Waals surface area contributed by atoms with Crippen LogP contribution in [0.1, 0.15) is 16.8 Å². The second-order valence-corrected chi connectivity index (χ2v) is 4.84. The van der Waals surface area contributed by atoms with Crippen molar-refractivity contribution in [2.45, 2.75) is 6.42 Å². The maximum Gasteiger partial charge on any atom is 0.165 e. The van der Waals surface area contributed by atoms with Gasteiger partial charge in [-0.1, -0.05) is 37.9 Å². The van der Waals surface area contributed by atoms with E-state index in [-0.39, 0.29) is 5.78 Å². The highest BCUT2D eigenvalue weighted by Gasteiger charge is 2.12. The van der Waals surface area contributed by atoms with Gasteiger partial charge in [-0.15, -0.1) is 9.24 Å². The van der Waals surface area contributed by atoms with Gasteiger partial charge in [-0.3, -0.25) is 4.79 Å². The number of rotatable bonds is 3. The minimum atomic E-state index is 0.161. The molecule has 0 aliphatic heterocycles. The Labute approximate surface area is 96.8 Å². The Bertz CT molecular complexity index is 305. The van der Waals surface area contributed by atoms with Crippen LogP contribution in [0.15, 0.2) is 27.1 Å². The highest BCUT2D eigenvalue weighted by Crippen LogP contribution is 2.26. The van der Waals surface area contributed by atoms with E-state index < -0.39 is 0 Å². The van der Waals surface area contributed by atoms with Crippen LogP contribution in [0, 0.1) is 0 Å². The van der Waals surface area contributed by atoms with Crippen LogP contribution in [0.25, 0.3) is 0 Å². The number of benzene rings is 1. The van der Waals surface area contributed by atoms with Crippen molar-refractivity contribution in [3.8, 4) is 0 Å². The molecule has 70 valence electrons. The fourth-order valence-electron chi connectivity index (χ4n) is 1.02. The number of halogens is 2.